The number of rotatable bonds is 13. The summed E-state index contributed by atoms with van der Waals surface area (Å²) in [5, 5.41) is 13.0. The number of carboxylic acid groups (broad SMARTS) is 1. The molecule has 0 bridgehead atoms. The van der Waals surface area contributed by atoms with Crippen molar-refractivity contribution in [3.63, 3.8) is 0 Å². The molecule has 1 atom stereocenters. The van der Waals surface area contributed by atoms with E-state index in [1.807, 2.05) is 27.0 Å². The van der Waals surface area contributed by atoms with E-state index in [1.165, 1.54) is 23.9 Å². The quantitative estimate of drug-likeness (QED) is 0.0942. The van der Waals surface area contributed by atoms with Crippen molar-refractivity contribution >= 4 is 51.9 Å². The molecule has 1 amide bonds. The number of benzene rings is 2. The maximum absolute atomic E-state index is 12.7. The fourth-order valence-corrected chi connectivity index (χ4v) is 4.89. The number of carbonyl (C=O) groups is 2. The molecule has 2 rings (SSSR count). The van der Waals surface area contributed by atoms with Crippen LogP contribution >= 0.6 is 35.0 Å². The van der Waals surface area contributed by atoms with Crippen molar-refractivity contribution in [1.82, 2.24) is 5.32 Å². The minimum absolute atomic E-state index is 0.0107. The van der Waals surface area contributed by atoms with E-state index in [2.05, 4.69) is 22.9 Å². The number of hydrogen-bond donors (Lipinski definition) is 2. The average molecular weight is 700 g/mol. The number of nitrogens with one attached hydrogen (secondary N) is 1. The summed E-state index contributed by atoms with van der Waals surface area (Å²) in [6.07, 6.45) is 10.4. The van der Waals surface area contributed by atoms with Gasteiger partial charge >= 0.3 is 12.3 Å². The molecule has 0 fully saturated rings. The van der Waals surface area contributed by atoms with E-state index >= 15 is 0 Å². The van der Waals surface area contributed by atoms with Crippen LogP contribution in [0.2, 0.25) is 0 Å². The van der Waals surface area contributed by atoms with Crippen LogP contribution in [-0.4, -0.2) is 47.7 Å². The van der Waals surface area contributed by atoms with Gasteiger partial charge in [0.2, 0.25) is 0 Å². The molecule has 1 unspecified atom stereocenters. The van der Waals surface area contributed by atoms with E-state index < -0.39 is 18.2 Å². The molecular formula is C34H39Cl2F3N2O4S. The Bertz CT molecular complexity index is 1390. The zero-order valence-corrected chi connectivity index (χ0v) is 28.7. The standard InChI is InChI=1S/C30H31Cl2F3N2O4S.C2H6.C2H2/c1-4-23(31)17-24(32)15-19(2)18-37-29(42-3)26(21-9-11-25(12-10-21)41-30(33,34)35)16-20-5-7-22(8-6-20)28(40)36-14-13-27(38)39;2*1-2/h4-12,15,17,26H,13-14,16,18H2,1-3H3,(H,36,40)(H,38,39);1-2H3;1-2H/b19-15+,23-4+,24-17+,37-29?;;. The Hall–Kier alpha value is -3.65. The van der Waals surface area contributed by atoms with Crippen LogP contribution in [0.15, 0.2) is 87.4 Å². The highest BCUT2D eigenvalue weighted by atomic mass is 35.5. The lowest BCUT2D eigenvalue weighted by atomic mass is 9.92. The lowest BCUT2D eigenvalue weighted by Gasteiger charge is -2.20. The molecule has 2 aromatic carbocycles. The molecule has 0 aliphatic rings. The molecule has 250 valence electrons. The van der Waals surface area contributed by atoms with Crippen LogP contribution in [-0.2, 0) is 11.2 Å². The Morgan fingerprint density at radius 3 is 2.13 bits per heavy atom. The van der Waals surface area contributed by atoms with Crippen LogP contribution in [0.5, 0.6) is 5.75 Å². The maximum Gasteiger partial charge on any atom is 0.573 e. The number of ether oxygens (including phenoxy) is 1. The second-order valence-electron chi connectivity index (χ2n) is 9.02. The number of hydrogen-bond acceptors (Lipinski definition) is 5. The van der Waals surface area contributed by atoms with E-state index in [0.29, 0.717) is 28.6 Å². The number of alkyl halides is 3. The summed E-state index contributed by atoms with van der Waals surface area (Å²) >= 11 is 13.7. The highest BCUT2D eigenvalue weighted by Gasteiger charge is 2.31. The number of terminal acetylenes is 1. The molecule has 46 heavy (non-hydrogen) atoms. The summed E-state index contributed by atoms with van der Waals surface area (Å²) in [5.74, 6) is -2.04. The number of nitrogens with zero attached hydrogens (tertiary/aromatic N) is 1. The number of carboxylic acids is 1. The Labute approximate surface area is 283 Å². The van der Waals surface area contributed by atoms with E-state index in [9.17, 15) is 22.8 Å². The Balaban J connectivity index is 0.00000486. The third-order valence-corrected chi connectivity index (χ3v) is 7.10. The number of aliphatic carboxylic acids is 1. The van der Waals surface area contributed by atoms with E-state index in [1.54, 1.807) is 61.5 Å². The van der Waals surface area contributed by atoms with Crippen LogP contribution in [0.1, 0.15) is 61.5 Å². The van der Waals surface area contributed by atoms with Gasteiger partial charge in [-0.25, -0.2) is 0 Å². The zero-order valence-electron chi connectivity index (χ0n) is 26.3. The SMILES string of the molecule is C#C.CC.C\C=C(Cl)/C=C(Cl)\C=C(/C)CN=C(SC)C(Cc1ccc(C(=O)NCCC(=O)O)cc1)c1ccc(OC(F)(F)F)cc1. The first kappa shape index (κ1) is 42.3. The van der Waals surface area contributed by atoms with Gasteiger partial charge in [-0.1, -0.05) is 73.0 Å². The second-order valence-corrected chi connectivity index (χ2v) is 10.7. The first-order valence-corrected chi connectivity index (χ1v) is 16.0. The van der Waals surface area contributed by atoms with E-state index in [0.717, 1.165) is 21.7 Å². The third kappa shape index (κ3) is 17.2. The van der Waals surface area contributed by atoms with Crippen molar-refractivity contribution < 1.29 is 32.6 Å². The topological polar surface area (TPSA) is 88.0 Å². The predicted octanol–water partition coefficient (Wildman–Crippen LogP) is 9.36. The van der Waals surface area contributed by atoms with Crippen LogP contribution in [0.4, 0.5) is 13.2 Å². The minimum Gasteiger partial charge on any atom is -0.481 e. The summed E-state index contributed by atoms with van der Waals surface area (Å²) in [6, 6.07) is 12.5. The van der Waals surface area contributed by atoms with Crippen LogP contribution in [0, 0.1) is 12.8 Å². The van der Waals surface area contributed by atoms with E-state index in [4.69, 9.17) is 33.3 Å². The molecule has 0 saturated carbocycles. The fraction of sp³-hybridized carbons (Fsp3) is 0.324. The Morgan fingerprint density at radius 1 is 1.04 bits per heavy atom. The van der Waals surface area contributed by atoms with Gasteiger partial charge in [0.25, 0.3) is 5.91 Å². The fourth-order valence-electron chi connectivity index (χ4n) is 3.72. The molecule has 2 aromatic rings. The molecule has 0 aliphatic heterocycles. The number of amides is 1. The second kappa shape index (κ2) is 22.8. The minimum atomic E-state index is -4.80. The Morgan fingerprint density at radius 2 is 1.63 bits per heavy atom. The van der Waals surface area contributed by atoms with Crippen molar-refractivity contribution in [2.45, 2.75) is 52.8 Å². The normalized spacial score (nSPS) is 13.0. The first-order valence-electron chi connectivity index (χ1n) is 14.0. The number of allylic oxidation sites excluding steroid dienone is 5. The number of thioether (sulfide) groups is 1. The monoisotopic (exact) mass is 698 g/mol. The molecule has 6 nitrogen and oxygen atoms in total. The maximum atomic E-state index is 12.7. The molecule has 12 heteroatoms. The lowest BCUT2D eigenvalue weighted by molar-refractivity contribution is -0.274. The molecular weight excluding hydrogens is 660 g/mol. The summed E-state index contributed by atoms with van der Waals surface area (Å²) in [6.45, 7) is 8.01. The van der Waals surface area contributed by atoms with Gasteiger partial charge in [-0.3, -0.25) is 14.6 Å². The van der Waals surface area contributed by atoms with Gasteiger partial charge in [-0.2, -0.15) is 0 Å². The molecule has 2 N–H and O–H groups in total. The van der Waals surface area contributed by atoms with Gasteiger partial charge in [0, 0.05) is 28.1 Å². The third-order valence-electron chi connectivity index (χ3n) is 5.72. The van der Waals surface area contributed by atoms with Crippen molar-refractivity contribution in [3.05, 3.63) is 99.1 Å². The van der Waals surface area contributed by atoms with Crippen LogP contribution in [0.3, 0.4) is 0 Å². The average Bonchev–Trinajstić information content (AvgIpc) is 3.02. The van der Waals surface area contributed by atoms with Crippen LogP contribution in [0.25, 0.3) is 0 Å². The van der Waals surface area contributed by atoms with Gasteiger partial charge in [0.05, 0.1) is 18.0 Å². The summed E-state index contributed by atoms with van der Waals surface area (Å²) in [4.78, 5) is 27.8. The largest absolute Gasteiger partial charge is 0.573 e. The zero-order chi connectivity index (χ0) is 35.3. The van der Waals surface area contributed by atoms with Gasteiger partial charge in [-0.15, -0.1) is 37.8 Å². The predicted molar refractivity (Wildman–Crippen MR) is 185 cm³/mol. The molecule has 0 saturated heterocycles. The highest BCUT2D eigenvalue weighted by Crippen LogP contribution is 2.31. The summed E-state index contributed by atoms with van der Waals surface area (Å²) in [5.41, 5.74) is 2.83. The summed E-state index contributed by atoms with van der Waals surface area (Å²) < 4.78 is 42.1. The summed E-state index contributed by atoms with van der Waals surface area (Å²) in [7, 11) is 0. The van der Waals surface area contributed by atoms with Crippen molar-refractivity contribution in [2.75, 3.05) is 19.3 Å². The highest BCUT2D eigenvalue weighted by molar-refractivity contribution is 8.13. The van der Waals surface area contributed by atoms with Crippen molar-refractivity contribution in [3.8, 4) is 18.6 Å². The smallest absolute Gasteiger partial charge is 0.481 e. The lowest BCUT2D eigenvalue weighted by Crippen LogP contribution is -2.25. The molecule has 0 heterocycles. The van der Waals surface area contributed by atoms with Gasteiger partial charge in [0.1, 0.15) is 5.75 Å². The van der Waals surface area contributed by atoms with E-state index in [-0.39, 0.29) is 24.6 Å². The van der Waals surface area contributed by atoms with Crippen molar-refractivity contribution in [2.24, 2.45) is 4.99 Å². The first-order chi connectivity index (χ1) is 21.8. The van der Waals surface area contributed by atoms with Crippen molar-refractivity contribution in [1.29, 1.82) is 0 Å². The molecule has 0 aromatic heterocycles. The number of halogens is 5. The molecule has 0 aliphatic carbocycles. The number of carbonyl (C=O) groups excluding carboxylic acids is 1. The number of aliphatic imine (C=N–C) groups is 1. The van der Waals surface area contributed by atoms with Crippen LogP contribution < -0.4 is 10.1 Å². The molecule has 0 spiro atoms. The van der Waals surface area contributed by atoms with Gasteiger partial charge in [-0.05, 0) is 74.1 Å². The molecule has 0 radical (unpaired) electrons. The van der Waals surface area contributed by atoms with Gasteiger partial charge < -0.3 is 15.2 Å². The Kier molecular flexibility index (Phi) is 21.0. The van der Waals surface area contributed by atoms with Gasteiger partial charge in [0.15, 0.2) is 0 Å².